The fourth-order valence-corrected chi connectivity index (χ4v) is 7.47. The first-order valence-corrected chi connectivity index (χ1v) is 13.4. The minimum Gasteiger partial charge on any atom is -0.373 e. The van der Waals surface area contributed by atoms with E-state index in [9.17, 15) is 9.59 Å². The quantitative estimate of drug-likeness (QED) is 0.526. The van der Waals surface area contributed by atoms with Crippen LogP contribution in [0, 0.1) is 24.7 Å². The summed E-state index contributed by atoms with van der Waals surface area (Å²) in [5, 5.41) is 0. The van der Waals surface area contributed by atoms with Gasteiger partial charge in [-0.1, -0.05) is 43.7 Å². The normalized spacial score (nSPS) is 29.0. The summed E-state index contributed by atoms with van der Waals surface area (Å²) in [6.07, 6.45) is 6.28. The zero-order valence-electron chi connectivity index (χ0n) is 21.0. The smallest absolute Gasteiger partial charge is 0.332 e. The van der Waals surface area contributed by atoms with Crippen LogP contribution in [0.4, 0.5) is 0 Å². The van der Waals surface area contributed by atoms with E-state index in [2.05, 4.69) is 36.2 Å². The molecule has 4 aliphatic rings. The van der Waals surface area contributed by atoms with Gasteiger partial charge in [-0.05, 0) is 68.8 Å². The maximum Gasteiger partial charge on any atom is 0.332 e. The maximum atomic E-state index is 13.2. The Morgan fingerprint density at radius 1 is 1.03 bits per heavy atom. The van der Waals surface area contributed by atoms with E-state index >= 15 is 0 Å². The van der Waals surface area contributed by atoms with Gasteiger partial charge >= 0.3 is 5.69 Å². The highest BCUT2D eigenvalue weighted by Gasteiger charge is 2.64. The fourth-order valence-electron chi connectivity index (χ4n) is 7.47. The van der Waals surface area contributed by atoms with E-state index in [1.165, 1.54) is 15.7 Å². The Bertz CT molecular complexity index is 1350. The van der Waals surface area contributed by atoms with Gasteiger partial charge < -0.3 is 9.72 Å². The summed E-state index contributed by atoms with van der Waals surface area (Å²) in [5.74, 6) is 2.55. The van der Waals surface area contributed by atoms with Gasteiger partial charge in [0.2, 0.25) is 0 Å². The number of benzene rings is 1. The Labute approximate surface area is 205 Å². The first-order chi connectivity index (χ1) is 16.9. The standard InChI is InChI=1S/C28H36N4O3/c1-4-10-31-24-22(25(33)32(11-5-2)27(31)34)29-26(30-24)28-14-19-12-21(28)13-20(15-28)23(19)35-16-18-8-6-17(3)7-9-18/h6-9,19-21,23H,4-5,10-16H2,1-3H3,(H,29,30). The third-order valence-electron chi connectivity index (χ3n) is 8.93. The average Bonchev–Trinajstić information content (AvgIpc) is 3.49. The van der Waals surface area contributed by atoms with Crippen molar-refractivity contribution >= 4 is 11.2 Å². The molecule has 2 atom stereocenters. The second kappa shape index (κ2) is 8.47. The average molecular weight is 477 g/mol. The molecule has 35 heavy (non-hydrogen) atoms. The number of imidazole rings is 1. The van der Waals surface area contributed by atoms with Crippen LogP contribution in [0.1, 0.15) is 69.3 Å². The Morgan fingerprint density at radius 3 is 2.34 bits per heavy atom. The molecule has 2 heterocycles. The van der Waals surface area contributed by atoms with E-state index in [1.54, 1.807) is 4.57 Å². The number of aromatic amines is 1. The van der Waals surface area contributed by atoms with Gasteiger partial charge in [-0.3, -0.25) is 13.9 Å². The maximum absolute atomic E-state index is 13.2. The lowest BCUT2D eigenvalue weighted by atomic mass is 9.73. The Kier molecular flexibility index (Phi) is 5.51. The van der Waals surface area contributed by atoms with Gasteiger partial charge in [0.05, 0.1) is 12.7 Å². The number of aromatic nitrogens is 4. The number of hydrogen-bond acceptors (Lipinski definition) is 4. The van der Waals surface area contributed by atoms with Gasteiger partial charge in [0, 0.05) is 18.5 Å². The number of hydrogen-bond donors (Lipinski definition) is 1. The zero-order valence-corrected chi connectivity index (χ0v) is 21.0. The van der Waals surface area contributed by atoms with E-state index < -0.39 is 0 Å². The number of H-pyrrole nitrogens is 1. The van der Waals surface area contributed by atoms with Crippen molar-refractivity contribution in [2.45, 2.75) is 90.5 Å². The Morgan fingerprint density at radius 2 is 1.69 bits per heavy atom. The van der Waals surface area contributed by atoms with Crippen molar-refractivity contribution in [2.24, 2.45) is 17.8 Å². The monoisotopic (exact) mass is 476 g/mol. The largest absolute Gasteiger partial charge is 0.373 e. The van der Waals surface area contributed by atoms with Crippen molar-refractivity contribution in [1.29, 1.82) is 0 Å². The van der Waals surface area contributed by atoms with E-state index in [1.807, 2.05) is 13.8 Å². The van der Waals surface area contributed by atoms with E-state index in [-0.39, 0.29) is 16.7 Å². The van der Waals surface area contributed by atoms with E-state index in [0.29, 0.717) is 54.7 Å². The highest BCUT2D eigenvalue weighted by Crippen LogP contribution is 2.66. The molecular weight excluding hydrogens is 440 g/mol. The molecule has 0 saturated heterocycles. The van der Waals surface area contributed by atoms with Crippen molar-refractivity contribution in [3.05, 3.63) is 62.1 Å². The molecule has 4 aliphatic carbocycles. The van der Waals surface area contributed by atoms with Crippen LogP contribution in [0.15, 0.2) is 33.9 Å². The van der Waals surface area contributed by atoms with Crippen molar-refractivity contribution in [3.63, 3.8) is 0 Å². The lowest BCUT2D eigenvalue weighted by molar-refractivity contribution is -0.0584. The molecule has 1 N–H and O–H groups in total. The van der Waals surface area contributed by atoms with E-state index in [4.69, 9.17) is 9.72 Å². The summed E-state index contributed by atoms with van der Waals surface area (Å²) in [6, 6.07) is 8.62. The SMILES string of the molecule is CCCn1c(=O)c2[nH]c(C34CC5CC3CC(C4)C5OCc3ccc(C)cc3)nc2n(CCC)c1=O. The van der Waals surface area contributed by atoms with Crippen LogP contribution in [0.25, 0.3) is 11.2 Å². The number of rotatable bonds is 8. The summed E-state index contributed by atoms with van der Waals surface area (Å²) in [4.78, 5) is 34.8. The summed E-state index contributed by atoms with van der Waals surface area (Å²) in [7, 11) is 0. The topological polar surface area (TPSA) is 81.9 Å². The van der Waals surface area contributed by atoms with Gasteiger partial charge in [0.15, 0.2) is 5.65 Å². The fraction of sp³-hybridized carbons (Fsp3) is 0.607. The van der Waals surface area contributed by atoms with Crippen LogP contribution in [0.5, 0.6) is 0 Å². The summed E-state index contributed by atoms with van der Waals surface area (Å²) < 4.78 is 9.61. The minimum atomic E-state index is -0.233. The summed E-state index contributed by atoms with van der Waals surface area (Å²) in [5.41, 5.74) is 3.05. The summed E-state index contributed by atoms with van der Waals surface area (Å²) in [6.45, 7) is 7.82. The Hall–Kier alpha value is -2.67. The number of aryl methyl sites for hydroxylation is 2. The molecule has 4 saturated carbocycles. The van der Waals surface area contributed by atoms with Gasteiger partial charge in [-0.25, -0.2) is 9.78 Å². The molecule has 3 aromatic rings. The number of nitrogens with zero attached hydrogens (tertiary/aromatic N) is 3. The lowest BCUT2D eigenvalue weighted by Crippen LogP contribution is -2.40. The molecule has 2 unspecified atom stereocenters. The highest BCUT2D eigenvalue weighted by molar-refractivity contribution is 5.70. The van der Waals surface area contributed by atoms with Gasteiger partial charge in [0.25, 0.3) is 5.56 Å². The molecule has 7 rings (SSSR count). The highest BCUT2D eigenvalue weighted by atomic mass is 16.5. The molecule has 0 spiro atoms. The molecule has 2 aromatic heterocycles. The zero-order chi connectivity index (χ0) is 24.3. The summed E-state index contributed by atoms with van der Waals surface area (Å²) >= 11 is 0. The number of nitrogens with one attached hydrogen (secondary N) is 1. The van der Waals surface area contributed by atoms with Crippen molar-refractivity contribution in [3.8, 4) is 0 Å². The predicted molar refractivity (Wildman–Crippen MR) is 136 cm³/mol. The second-order valence-electron chi connectivity index (χ2n) is 11.2. The van der Waals surface area contributed by atoms with Crippen molar-refractivity contribution in [2.75, 3.05) is 0 Å². The predicted octanol–water partition coefficient (Wildman–Crippen LogP) is 4.29. The molecule has 0 aliphatic heterocycles. The molecule has 0 radical (unpaired) electrons. The molecule has 4 bridgehead atoms. The number of fused-ring (bicyclic) bond motifs is 1. The molecule has 0 amide bonds. The van der Waals surface area contributed by atoms with Crippen molar-refractivity contribution < 1.29 is 4.74 Å². The van der Waals surface area contributed by atoms with Crippen LogP contribution in [-0.2, 0) is 29.8 Å². The molecule has 7 heteroatoms. The van der Waals surface area contributed by atoms with Crippen LogP contribution in [0.3, 0.4) is 0 Å². The van der Waals surface area contributed by atoms with Crippen LogP contribution < -0.4 is 11.2 Å². The van der Waals surface area contributed by atoms with Crippen molar-refractivity contribution in [1.82, 2.24) is 19.1 Å². The first-order valence-electron chi connectivity index (χ1n) is 13.4. The Balaban J connectivity index is 1.31. The van der Waals surface area contributed by atoms with E-state index in [0.717, 1.165) is 44.3 Å². The van der Waals surface area contributed by atoms with Gasteiger partial charge in [-0.15, -0.1) is 0 Å². The second-order valence-corrected chi connectivity index (χ2v) is 11.2. The molecule has 1 aromatic carbocycles. The van der Waals surface area contributed by atoms with Crippen LogP contribution >= 0.6 is 0 Å². The third kappa shape index (κ3) is 3.45. The number of ether oxygens (including phenoxy) is 1. The van der Waals surface area contributed by atoms with Crippen LogP contribution in [-0.4, -0.2) is 25.2 Å². The molecule has 186 valence electrons. The van der Waals surface area contributed by atoms with Gasteiger partial charge in [0.1, 0.15) is 11.3 Å². The molecular formula is C28H36N4O3. The lowest BCUT2D eigenvalue weighted by Gasteiger charge is -2.37. The first kappa shape index (κ1) is 22.8. The van der Waals surface area contributed by atoms with Gasteiger partial charge in [-0.2, -0.15) is 0 Å². The molecule has 7 nitrogen and oxygen atoms in total. The minimum absolute atomic E-state index is 0.0206. The molecule has 4 fully saturated rings. The third-order valence-corrected chi connectivity index (χ3v) is 8.93. The van der Waals surface area contributed by atoms with Crippen LogP contribution in [0.2, 0.25) is 0 Å².